The Balaban J connectivity index is 1.71. The van der Waals surface area contributed by atoms with Crippen LogP contribution in [0.25, 0.3) is 0 Å². The van der Waals surface area contributed by atoms with Crippen LogP contribution in [-0.2, 0) is 6.54 Å². The first-order chi connectivity index (χ1) is 11.2. The molecule has 2 aromatic heterocycles. The molecule has 5 nitrogen and oxygen atoms in total. The molecule has 116 valence electrons. The van der Waals surface area contributed by atoms with Gasteiger partial charge in [-0.25, -0.2) is 4.98 Å². The Hall–Kier alpha value is -2.37. The van der Waals surface area contributed by atoms with Crippen molar-refractivity contribution in [1.29, 1.82) is 0 Å². The van der Waals surface area contributed by atoms with Crippen LogP contribution in [0, 0.1) is 0 Å². The monoisotopic (exact) mass is 345 g/mol. The first-order valence-electron chi connectivity index (χ1n) is 6.89. The van der Waals surface area contributed by atoms with Gasteiger partial charge in [0.25, 0.3) is 0 Å². The Kier molecular flexibility index (Phi) is 4.90. The number of hydrogen-bond donors (Lipinski definition) is 2. The zero-order valence-corrected chi connectivity index (χ0v) is 13.5. The average Bonchev–Trinajstić information content (AvgIpc) is 2.59. The minimum atomic E-state index is 0.438. The zero-order chi connectivity index (χ0) is 16.1. The summed E-state index contributed by atoms with van der Waals surface area (Å²) in [7, 11) is 0. The highest BCUT2D eigenvalue weighted by atomic mass is 35.5. The smallest absolute Gasteiger partial charge is 0.229 e. The van der Waals surface area contributed by atoms with Crippen LogP contribution in [0.15, 0.2) is 55.0 Å². The van der Waals surface area contributed by atoms with Gasteiger partial charge in [0.1, 0.15) is 5.82 Å². The van der Waals surface area contributed by atoms with E-state index in [1.165, 1.54) is 0 Å². The number of benzene rings is 1. The van der Waals surface area contributed by atoms with Crippen molar-refractivity contribution >= 4 is 40.7 Å². The van der Waals surface area contributed by atoms with Crippen LogP contribution >= 0.6 is 23.2 Å². The van der Waals surface area contributed by atoms with Gasteiger partial charge < -0.3 is 10.6 Å². The number of aromatic nitrogens is 3. The topological polar surface area (TPSA) is 62.7 Å². The molecule has 0 aliphatic carbocycles. The molecule has 0 saturated heterocycles. The van der Waals surface area contributed by atoms with Gasteiger partial charge in [-0.1, -0.05) is 29.3 Å². The van der Waals surface area contributed by atoms with Gasteiger partial charge in [-0.2, -0.15) is 4.98 Å². The van der Waals surface area contributed by atoms with Crippen molar-refractivity contribution in [2.45, 2.75) is 6.54 Å². The SMILES string of the molecule is Clc1cccc(Nc2nccc(NCc3ccncc3)n2)c1Cl. The number of rotatable bonds is 5. The van der Waals surface area contributed by atoms with Gasteiger partial charge in [0.05, 0.1) is 15.7 Å². The maximum atomic E-state index is 6.15. The molecule has 0 spiro atoms. The van der Waals surface area contributed by atoms with Gasteiger partial charge in [0, 0.05) is 25.1 Å². The highest BCUT2D eigenvalue weighted by Gasteiger charge is 2.06. The second-order valence-electron chi connectivity index (χ2n) is 4.70. The number of nitrogens with zero attached hydrogens (tertiary/aromatic N) is 3. The number of pyridine rings is 1. The summed E-state index contributed by atoms with van der Waals surface area (Å²) >= 11 is 12.2. The molecule has 0 fully saturated rings. The molecule has 23 heavy (non-hydrogen) atoms. The lowest BCUT2D eigenvalue weighted by Gasteiger charge is -2.10. The molecule has 2 heterocycles. The van der Waals surface area contributed by atoms with Gasteiger partial charge in [0.15, 0.2) is 0 Å². The van der Waals surface area contributed by atoms with E-state index in [1.807, 2.05) is 24.3 Å². The molecule has 0 bridgehead atoms. The number of anilines is 3. The highest BCUT2D eigenvalue weighted by molar-refractivity contribution is 6.43. The first kappa shape index (κ1) is 15.5. The Morgan fingerprint density at radius 1 is 0.957 bits per heavy atom. The standard InChI is InChI=1S/C16H13Cl2N5/c17-12-2-1-3-13(15(12)18)22-16-20-9-6-14(23-16)21-10-11-4-7-19-8-5-11/h1-9H,10H2,(H2,20,21,22,23). The van der Waals surface area contributed by atoms with Gasteiger partial charge in [-0.3, -0.25) is 4.98 Å². The molecule has 0 radical (unpaired) electrons. The summed E-state index contributed by atoms with van der Waals surface area (Å²) in [5.41, 5.74) is 1.77. The molecule has 0 aliphatic rings. The van der Waals surface area contributed by atoms with E-state index in [2.05, 4.69) is 25.6 Å². The lowest BCUT2D eigenvalue weighted by molar-refractivity contribution is 1.08. The van der Waals surface area contributed by atoms with E-state index in [4.69, 9.17) is 23.2 Å². The predicted molar refractivity (Wildman–Crippen MR) is 93.3 cm³/mol. The van der Waals surface area contributed by atoms with Gasteiger partial charge >= 0.3 is 0 Å². The third kappa shape index (κ3) is 4.09. The predicted octanol–water partition coefficient (Wildman–Crippen LogP) is 4.53. The fraction of sp³-hybridized carbons (Fsp3) is 0.0625. The molecule has 0 aliphatic heterocycles. The fourth-order valence-electron chi connectivity index (χ4n) is 1.93. The Labute approximate surface area is 143 Å². The van der Waals surface area contributed by atoms with E-state index in [1.54, 1.807) is 30.7 Å². The maximum absolute atomic E-state index is 6.15. The minimum Gasteiger partial charge on any atom is -0.366 e. The second-order valence-corrected chi connectivity index (χ2v) is 5.49. The molecular formula is C16H13Cl2N5. The summed E-state index contributed by atoms with van der Waals surface area (Å²) in [4.78, 5) is 12.6. The third-order valence-corrected chi connectivity index (χ3v) is 3.90. The van der Waals surface area contributed by atoms with Gasteiger partial charge in [-0.15, -0.1) is 0 Å². The first-order valence-corrected chi connectivity index (χ1v) is 7.65. The van der Waals surface area contributed by atoms with Crippen molar-refractivity contribution in [2.24, 2.45) is 0 Å². The summed E-state index contributed by atoms with van der Waals surface area (Å²) in [6.07, 6.45) is 5.18. The summed E-state index contributed by atoms with van der Waals surface area (Å²) in [5.74, 6) is 1.14. The van der Waals surface area contributed by atoms with Crippen LogP contribution in [0.4, 0.5) is 17.5 Å². The quantitative estimate of drug-likeness (QED) is 0.710. The van der Waals surface area contributed by atoms with Crippen LogP contribution in [0.5, 0.6) is 0 Å². The maximum Gasteiger partial charge on any atom is 0.229 e. The highest BCUT2D eigenvalue weighted by Crippen LogP contribution is 2.30. The van der Waals surface area contributed by atoms with E-state index >= 15 is 0 Å². The Bertz CT molecular complexity index is 795. The van der Waals surface area contributed by atoms with Crippen molar-refractivity contribution in [3.8, 4) is 0 Å². The van der Waals surface area contributed by atoms with E-state index in [0.717, 1.165) is 5.56 Å². The third-order valence-electron chi connectivity index (χ3n) is 3.08. The number of hydrogen-bond acceptors (Lipinski definition) is 5. The molecule has 0 saturated carbocycles. The lowest BCUT2D eigenvalue weighted by Crippen LogP contribution is -2.04. The normalized spacial score (nSPS) is 10.3. The summed E-state index contributed by atoms with van der Waals surface area (Å²) < 4.78 is 0. The van der Waals surface area contributed by atoms with Crippen LogP contribution in [0.3, 0.4) is 0 Å². The summed E-state index contributed by atoms with van der Waals surface area (Å²) in [6.45, 7) is 0.650. The van der Waals surface area contributed by atoms with Crippen LogP contribution in [0.2, 0.25) is 10.0 Å². The molecule has 7 heteroatoms. The average molecular weight is 346 g/mol. The summed E-state index contributed by atoms with van der Waals surface area (Å²) in [5, 5.41) is 7.21. The van der Waals surface area contributed by atoms with E-state index < -0.39 is 0 Å². The molecule has 3 aromatic rings. The molecular weight excluding hydrogens is 333 g/mol. The fourth-order valence-corrected chi connectivity index (χ4v) is 2.28. The van der Waals surface area contributed by atoms with Crippen molar-refractivity contribution in [3.63, 3.8) is 0 Å². The number of halogens is 2. The van der Waals surface area contributed by atoms with E-state index in [9.17, 15) is 0 Å². The number of nitrogens with one attached hydrogen (secondary N) is 2. The largest absolute Gasteiger partial charge is 0.366 e. The second kappa shape index (κ2) is 7.26. The lowest BCUT2D eigenvalue weighted by atomic mass is 10.3. The molecule has 0 atom stereocenters. The van der Waals surface area contributed by atoms with Crippen LogP contribution in [0.1, 0.15) is 5.56 Å². The van der Waals surface area contributed by atoms with Crippen molar-refractivity contribution in [3.05, 3.63) is 70.6 Å². The minimum absolute atomic E-state index is 0.438. The van der Waals surface area contributed by atoms with Gasteiger partial charge in [0.2, 0.25) is 5.95 Å². The Morgan fingerprint density at radius 3 is 2.61 bits per heavy atom. The molecule has 0 amide bonds. The van der Waals surface area contributed by atoms with Gasteiger partial charge in [-0.05, 0) is 35.9 Å². The zero-order valence-electron chi connectivity index (χ0n) is 12.0. The van der Waals surface area contributed by atoms with Crippen LogP contribution in [-0.4, -0.2) is 15.0 Å². The van der Waals surface area contributed by atoms with Crippen LogP contribution < -0.4 is 10.6 Å². The van der Waals surface area contributed by atoms with Crippen molar-refractivity contribution < 1.29 is 0 Å². The Morgan fingerprint density at radius 2 is 1.78 bits per heavy atom. The van der Waals surface area contributed by atoms with Crippen molar-refractivity contribution in [1.82, 2.24) is 15.0 Å². The van der Waals surface area contributed by atoms with Crippen molar-refractivity contribution in [2.75, 3.05) is 10.6 Å². The van der Waals surface area contributed by atoms with E-state index in [-0.39, 0.29) is 0 Å². The van der Waals surface area contributed by atoms with E-state index in [0.29, 0.717) is 34.0 Å². The summed E-state index contributed by atoms with van der Waals surface area (Å²) in [6, 6.07) is 11.0. The molecule has 2 N–H and O–H groups in total. The molecule has 3 rings (SSSR count). The molecule has 1 aromatic carbocycles. The molecule has 0 unspecified atom stereocenters.